The summed E-state index contributed by atoms with van der Waals surface area (Å²) in [4.78, 5) is 28.7. The molecule has 0 spiro atoms. The number of anilines is 1. The zero-order valence-electron chi connectivity index (χ0n) is 15.2. The molecule has 0 aromatic heterocycles. The molecule has 0 saturated carbocycles. The monoisotopic (exact) mass is 463 g/mol. The molecule has 1 heterocycles. The van der Waals surface area contributed by atoms with Crippen molar-refractivity contribution in [3.8, 4) is 0 Å². The number of alkyl halides is 1. The summed E-state index contributed by atoms with van der Waals surface area (Å²) in [5.41, 5.74) is 5.00. The minimum absolute atomic E-state index is 0.124. The Morgan fingerprint density at radius 3 is 1.93 bits per heavy atom. The zero-order chi connectivity index (χ0) is 19.9. The number of halogens is 2. The molecule has 2 amide bonds. The standard InChI is InChI=1S/C24H15BrClNO2/c25-24-17-7-3-1-5-15(17)19(16-6-2-4-8-18(16)24)20-21(24)23(29)27(22(20)28)14-11-9-13(26)10-12-14/h1-12,19-21H/t19?,20-,21-,24?/m1/s1. The average molecular weight is 465 g/mol. The van der Waals surface area contributed by atoms with E-state index in [1.165, 1.54) is 4.90 Å². The van der Waals surface area contributed by atoms with Gasteiger partial charge in [0.1, 0.15) is 0 Å². The highest BCUT2D eigenvalue weighted by Crippen LogP contribution is 2.66. The van der Waals surface area contributed by atoms with Gasteiger partial charge in [-0.2, -0.15) is 0 Å². The van der Waals surface area contributed by atoms with Crippen molar-refractivity contribution < 1.29 is 9.59 Å². The van der Waals surface area contributed by atoms with Crippen molar-refractivity contribution in [3.63, 3.8) is 0 Å². The van der Waals surface area contributed by atoms with Crippen molar-refractivity contribution >= 4 is 45.0 Å². The third-order valence-corrected chi connectivity index (χ3v) is 8.20. The molecule has 5 heteroatoms. The van der Waals surface area contributed by atoms with Gasteiger partial charge in [0.15, 0.2) is 0 Å². The van der Waals surface area contributed by atoms with Crippen molar-refractivity contribution in [1.82, 2.24) is 0 Å². The molecule has 0 radical (unpaired) electrons. The second-order valence-corrected chi connectivity index (χ2v) is 9.54. The molecule has 1 saturated heterocycles. The number of benzene rings is 3. The zero-order valence-corrected chi connectivity index (χ0v) is 17.5. The number of carbonyl (C=O) groups is 2. The maximum absolute atomic E-state index is 13.7. The van der Waals surface area contributed by atoms with Crippen LogP contribution in [0.3, 0.4) is 0 Å². The van der Waals surface area contributed by atoms with E-state index in [9.17, 15) is 9.59 Å². The fraction of sp³-hybridized carbons (Fsp3) is 0.167. The van der Waals surface area contributed by atoms with E-state index in [4.69, 9.17) is 11.6 Å². The summed E-state index contributed by atoms with van der Waals surface area (Å²) in [5, 5.41) is 0.571. The third kappa shape index (κ3) is 2.03. The van der Waals surface area contributed by atoms with Crippen molar-refractivity contribution in [2.75, 3.05) is 4.90 Å². The van der Waals surface area contributed by atoms with Gasteiger partial charge in [-0.1, -0.05) is 76.1 Å². The fourth-order valence-electron chi connectivity index (χ4n) is 5.52. The summed E-state index contributed by atoms with van der Waals surface area (Å²) in [6.45, 7) is 0. The molecule has 1 aliphatic heterocycles. The largest absolute Gasteiger partial charge is 0.274 e. The minimum atomic E-state index is -0.715. The quantitative estimate of drug-likeness (QED) is 0.365. The molecule has 2 bridgehead atoms. The lowest BCUT2D eigenvalue weighted by atomic mass is 9.55. The maximum atomic E-state index is 13.7. The van der Waals surface area contributed by atoms with E-state index >= 15 is 0 Å². The van der Waals surface area contributed by atoms with E-state index in [1.54, 1.807) is 24.3 Å². The van der Waals surface area contributed by atoms with Crippen LogP contribution in [0.1, 0.15) is 28.2 Å². The molecule has 7 rings (SSSR count). The minimum Gasteiger partial charge on any atom is -0.274 e. The predicted octanol–water partition coefficient (Wildman–Crippen LogP) is 5.24. The molecule has 142 valence electrons. The topological polar surface area (TPSA) is 37.4 Å². The van der Waals surface area contributed by atoms with Crippen molar-refractivity contribution in [2.45, 2.75) is 10.2 Å². The Labute approximate surface area is 181 Å². The van der Waals surface area contributed by atoms with Gasteiger partial charge >= 0.3 is 0 Å². The molecule has 0 unspecified atom stereocenters. The van der Waals surface area contributed by atoms with Crippen LogP contribution in [0.25, 0.3) is 0 Å². The maximum Gasteiger partial charge on any atom is 0.239 e. The first-order valence-electron chi connectivity index (χ1n) is 9.54. The van der Waals surface area contributed by atoms with E-state index in [0.717, 1.165) is 22.3 Å². The lowest BCUT2D eigenvalue weighted by molar-refractivity contribution is -0.122. The molecule has 3 nitrogen and oxygen atoms in total. The number of nitrogens with zero attached hydrogens (tertiary/aromatic N) is 1. The number of carbonyl (C=O) groups excluding carboxylic acids is 2. The first-order chi connectivity index (χ1) is 14.0. The van der Waals surface area contributed by atoms with Crippen LogP contribution in [-0.4, -0.2) is 11.8 Å². The summed E-state index contributed by atoms with van der Waals surface area (Å²) >= 11 is 10.0. The van der Waals surface area contributed by atoms with Gasteiger partial charge in [-0.25, -0.2) is 4.90 Å². The smallest absolute Gasteiger partial charge is 0.239 e. The van der Waals surface area contributed by atoms with Crippen LogP contribution < -0.4 is 4.90 Å². The van der Waals surface area contributed by atoms with Crippen LogP contribution in [0, 0.1) is 11.8 Å². The Balaban J connectivity index is 1.61. The second-order valence-electron chi connectivity index (χ2n) is 7.86. The summed E-state index contributed by atoms with van der Waals surface area (Å²) in [6.07, 6.45) is 0. The summed E-state index contributed by atoms with van der Waals surface area (Å²) in [7, 11) is 0. The number of rotatable bonds is 1. The van der Waals surface area contributed by atoms with Gasteiger partial charge in [0.25, 0.3) is 0 Å². The Morgan fingerprint density at radius 2 is 1.34 bits per heavy atom. The molecular formula is C24H15BrClNO2. The molecule has 1 fully saturated rings. The van der Waals surface area contributed by atoms with E-state index < -0.39 is 16.2 Å². The molecular weight excluding hydrogens is 450 g/mol. The molecule has 4 aliphatic rings. The first kappa shape index (κ1) is 17.4. The molecule has 3 aliphatic carbocycles. The van der Waals surface area contributed by atoms with Gasteiger partial charge in [0, 0.05) is 10.9 Å². The van der Waals surface area contributed by atoms with Crippen LogP contribution in [-0.2, 0) is 13.9 Å². The van der Waals surface area contributed by atoms with Gasteiger partial charge < -0.3 is 0 Å². The third-order valence-electron chi connectivity index (χ3n) is 6.60. The average Bonchev–Trinajstić information content (AvgIpc) is 3.01. The van der Waals surface area contributed by atoms with Crippen LogP contribution in [0.2, 0.25) is 5.02 Å². The molecule has 3 aromatic carbocycles. The van der Waals surface area contributed by atoms with Gasteiger partial charge in [-0.15, -0.1) is 0 Å². The lowest BCUT2D eigenvalue weighted by Gasteiger charge is -2.51. The number of imide groups is 1. The first-order valence-corrected chi connectivity index (χ1v) is 10.7. The predicted molar refractivity (Wildman–Crippen MR) is 115 cm³/mol. The Kier molecular flexibility index (Phi) is 3.49. The second kappa shape index (κ2) is 5.80. The number of hydrogen-bond donors (Lipinski definition) is 0. The van der Waals surface area contributed by atoms with Crippen LogP contribution in [0.4, 0.5) is 5.69 Å². The van der Waals surface area contributed by atoms with E-state index in [2.05, 4.69) is 40.2 Å². The Hall–Kier alpha value is -2.43. The molecule has 2 atom stereocenters. The lowest BCUT2D eigenvalue weighted by Crippen LogP contribution is -2.50. The van der Waals surface area contributed by atoms with Crippen molar-refractivity contribution in [3.05, 3.63) is 100 Å². The number of amides is 2. The molecule has 0 N–H and O–H groups in total. The Bertz CT molecular complexity index is 1160. The molecule has 3 aromatic rings. The van der Waals surface area contributed by atoms with Gasteiger partial charge in [0.2, 0.25) is 11.8 Å². The summed E-state index contributed by atoms with van der Waals surface area (Å²) < 4.78 is -0.715. The SMILES string of the molecule is O=C1[C@@H]2C3c4ccccc4C(Br)(c4ccccc43)[C@H]2C(=O)N1c1ccc(Cl)cc1. The van der Waals surface area contributed by atoms with Gasteiger partial charge in [0.05, 0.1) is 21.8 Å². The van der Waals surface area contributed by atoms with Crippen molar-refractivity contribution in [2.24, 2.45) is 11.8 Å². The highest BCUT2D eigenvalue weighted by Gasteiger charge is 2.67. The normalized spacial score (nSPS) is 28.9. The van der Waals surface area contributed by atoms with Crippen LogP contribution in [0.15, 0.2) is 72.8 Å². The number of hydrogen-bond acceptors (Lipinski definition) is 2. The van der Waals surface area contributed by atoms with Crippen molar-refractivity contribution in [1.29, 1.82) is 0 Å². The summed E-state index contributed by atoms with van der Waals surface area (Å²) in [6, 6.07) is 23.2. The van der Waals surface area contributed by atoms with Crippen LogP contribution >= 0.6 is 27.5 Å². The highest BCUT2D eigenvalue weighted by molar-refractivity contribution is 9.09. The van der Waals surface area contributed by atoms with Gasteiger partial charge in [-0.3, -0.25) is 9.59 Å². The van der Waals surface area contributed by atoms with E-state index in [-0.39, 0.29) is 17.7 Å². The summed E-state index contributed by atoms with van der Waals surface area (Å²) in [5.74, 6) is -1.34. The van der Waals surface area contributed by atoms with Crippen LogP contribution in [0.5, 0.6) is 0 Å². The Morgan fingerprint density at radius 1 is 0.793 bits per heavy atom. The fourth-order valence-corrected chi connectivity index (χ4v) is 6.85. The highest BCUT2D eigenvalue weighted by atomic mass is 79.9. The van der Waals surface area contributed by atoms with E-state index in [1.807, 2.05) is 24.3 Å². The molecule has 29 heavy (non-hydrogen) atoms. The van der Waals surface area contributed by atoms with Gasteiger partial charge in [-0.05, 0) is 46.5 Å². The van der Waals surface area contributed by atoms with E-state index in [0.29, 0.717) is 10.7 Å².